The highest BCUT2D eigenvalue weighted by molar-refractivity contribution is 5.23. The molecule has 1 aromatic carbocycles. The zero-order valence-electron chi connectivity index (χ0n) is 13.1. The molecule has 0 unspecified atom stereocenters. The Balaban J connectivity index is 2.59. The van der Waals surface area contributed by atoms with Crippen LogP contribution in [0.15, 0.2) is 24.3 Å². The van der Waals surface area contributed by atoms with Crippen molar-refractivity contribution in [3.05, 3.63) is 35.4 Å². The summed E-state index contributed by atoms with van der Waals surface area (Å²) in [7, 11) is 2.00. The first-order valence-electron chi connectivity index (χ1n) is 7.63. The standard InChI is InChI=1S/C17H30N2/c1-5-6-7-11-19(15(2)3)14-17-10-8-9-16(12-17)13-18-4/h8-10,12,15,18H,5-7,11,13-14H2,1-4H3. The van der Waals surface area contributed by atoms with Crippen molar-refractivity contribution in [2.45, 2.75) is 59.2 Å². The molecule has 0 saturated heterocycles. The smallest absolute Gasteiger partial charge is 0.0236 e. The lowest BCUT2D eigenvalue weighted by Gasteiger charge is -2.26. The lowest BCUT2D eigenvalue weighted by molar-refractivity contribution is 0.208. The number of hydrogen-bond donors (Lipinski definition) is 1. The van der Waals surface area contributed by atoms with E-state index in [9.17, 15) is 0 Å². The summed E-state index contributed by atoms with van der Waals surface area (Å²) in [5, 5.41) is 3.22. The molecule has 19 heavy (non-hydrogen) atoms. The molecule has 0 amide bonds. The van der Waals surface area contributed by atoms with Gasteiger partial charge in [0.05, 0.1) is 0 Å². The van der Waals surface area contributed by atoms with Gasteiger partial charge in [-0.3, -0.25) is 4.90 Å². The molecule has 2 nitrogen and oxygen atoms in total. The molecule has 108 valence electrons. The van der Waals surface area contributed by atoms with Crippen LogP contribution in [-0.2, 0) is 13.1 Å². The van der Waals surface area contributed by atoms with Gasteiger partial charge in [-0.05, 0) is 45.0 Å². The molecule has 0 aliphatic heterocycles. The first kappa shape index (κ1) is 16.2. The Hall–Kier alpha value is -0.860. The number of rotatable bonds is 9. The van der Waals surface area contributed by atoms with Crippen LogP contribution in [0.2, 0.25) is 0 Å². The molecule has 0 saturated carbocycles. The zero-order chi connectivity index (χ0) is 14.1. The average molecular weight is 262 g/mol. The molecule has 2 heteroatoms. The van der Waals surface area contributed by atoms with E-state index in [1.165, 1.54) is 36.9 Å². The number of hydrogen-bond acceptors (Lipinski definition) is 2. The highest BCUT2D eigenvalue weighted by Gasteiger charge is 2.09. The molecular weight excluding hydrogens is 232 g/mol. The monoisotopic (exact) mass is 262 g/mol. The third-order valence-corrected chi connectivity index (χ3v) is 3.54. The second kappa shape index (κ2) is 9.11. The van der Waals surface area contributed by atoms with Gasteiger partial charge in [0.15, 0.2) is 0 Å². The van der Waals surface area contributed by atoms with Crippen molar-refractivity contribution in [1.29, 1.82) is 0 Å². The maximum absolute atomic E-state index is 3.22. The molecule has 1 aromatic rings. The number of unbranched alkanes of at least 4 members (excludes halogenated alkanes) is 2. The minimum Gasteiger partial charge on any atom is -0.316 e. The molecule has 0 spiro atoms. The topological polar surface area (TPSA) is 15.3 Å². The van der Waals surface area contributed by atoms with Crippen molar-refractivity contribution in [2.75, 3.05) is 13.6 Å². The molecule has 1 N–H and O–H groups in total. The Morgan fingerprint density at radius 2 is 1.89 bits per heavy atom. The molecule has 0 aliphatic carbocycles. The van der Waals surface area contributed by atoms with Gasteiger partial charge < -0.3 is 5.32 Å². The summed E-state index contributed by atoms with van der Waals surface area (Å²) in [4.78, 5) is 2.58. The summed E-state index contributed by atoms with van der Waals surface area (Å²) in [5.74, 6) is 0. The summed E-state index contributed by atoms with van der Waals surface area (Å²) < 4.78 is 0. The van der Waals surface area contributed by atoms with Gasteiger partial charge >= 0.3 is 0 Å². The fraction of sp³-hybridized carbons (Fsp3) is 0.647. The average Bonchev–Trinajstić information content (AvgIpc) is 2.38. The van der Waals surface area contributed by atoms with Crippen LogP contribution in [-0.4, -0.2) is 24.5 Å². The minimum atomic E-state index is 0.616. The van der Waals surface area contributed by atoms with E-state index in [2.05, 4.69) is 55.3 Å². The van der Waals surface area contributed by atoms with E-state index < -0.39 is 0 Å². The summed E-state index contributed by atoms with van der Waals surface area (Å²) >= 11 is 0. The van der Waals surface area contributed by atoms with E-state index >= 15 is 0 Å². The van der Waals surface area contributed by atoms with Gasteiger partial charge in [0.1, 0.15) is 0 Å². The highest BCUT2D eigenvalue weighted by atomic mass is 15.1. The number of nitrogens with one attached hydrogen (secondary N) is 1. The van der Waals surface area contributed by atoms with Crippen LogP contribution in [0.1, 0.15) is 51.2 Å². The van der Waals surface area contributed by atoms with Crippen LogP contribution < -0.4 is 5.32 Å². The van der Waals surface area contributed by atoms with Crippen LogP contribution in [0, 0.1) is 0 Å². The molecule has 1 rings (SSSR count). The highest BCUT2D eigenvalue weighted by Crippen LogP contribution is 2.12. The Morgan fingerprint density at radius 1 is 1.16 bits per heavy atom. The van der Waals surface area contributed by atoms with Crippen LogP contribution in [0.5, 0.6) is 0 Å². The van der Waals surface area contributed by atoms with Gasteiger partial charge in [-0.15, -0.1) is 0 Å². The quantitative estimate of drug-likeness (QED) is 0.681. The minimum absolute atomic E-state index is 0.616. The Morgan fingerprint density at radius 3 is 2.53 bits per heavy atom. The van der Waals surface area contributed by atoms with Crippen molar-refractivity contribution < 1.29 is 0 Å². The Labute approximate surface area is 119 Å². The first-order chi connectivity index (χ1) is 9.17. The SMILES string of the molecule is CCCCCN(Cc1cccc(CNC)c1)C(C)C. The van der Waals surface area contributed by atoms with Gasteiger partial charge in [0.2, 0.25) is 0 Å². The van der Waals surface area contributed by atoms with Crippen LogP contribution in [0.4, 0.5) is 0 Å². The van der Waals surface area contributed by atoms with Crippen LogP contribution >= 0.6 is 0 Å². The van der Waals surface area contributed by atoms with Gasteiger partial charge in [-0.25, -0.2) is 0 Å². The van der Waals surface area contributed by atoms with Gasteiger partial charge in [0.25, 0.3) is 0 Å². The first-order valence-corrected chi connectivity index (χ1v) is 7.63. The summed E-state index contributed by atoms with van der Waals surface area (Å²) in [5.41, 5.74) is 2.80. The number of benzene rings is 1. The summed E-state index contributed by atoms with van der Waals surface area (Å²) in [6, 6.07) is 9.55. The molecule has 0 radical (unpaired) electrons. The third kappa shape index (κ3) is 6.22. The molecule has 0 atom stereocenters. The van der Waals surface area contributed by atoms with Gasteiger partial charge in [0, 0.05) is 19.1 Å². The molecular formula is C17H30N2. The normalized spacial score (nSPS) is 11.5. The predicted molar refractivity (Wildman–Crippen MR) is 84.3 cm³/mol. The van der Waals surface area contributed by atoms with Crippen molar-refractivity contribution in [2.24, 2.45) is 0 Å². The maximum atomic E-state index is 3.22. The largest absolute Gasteiger partial charge is 0.316 e. The number of nitrogens with zero attached hydrogens (tertiary/aromatic N) is 1. The van der Waals surface area contributed by atoms with Gasteiger partial charge in [-0.1, -0.05) is 44.0 Å². The van der Waals surface area contributed by atoms with Crippen LogP contribution in [0.25, 0.3) is 0 Å². The molecule has 0 bridgehead atoms. The Kier molecular flexibility index (Phi) is 7.76. The van der Waals surface area contributed by atoms with Crippen molar-refractivity contribution in [1.82, 2.24) is 10.2 Å². The molecule has 0 heterocycles. The van der Waals surface area contributed by atoms with E-state index in [4.69, 9.17) is 0 Å². The Bertz CT molecular complexity index is 347. The lowest BCUT2D eigenvalue weighted by atomic mass is 10.1. The molecule has 0 aliphatic rings. The third-order valence-electron chi connectivity index (χ3n) is 3.54. The van der Waals surface area contributed by atoms with E-state index in [1.807, 2.05) is 7.05 Å². The summed E-state index contributed by atoms with van der Waals surface area (Å²) in [6.45, 7) is 10.1. The van der Waals surface area contributed by atoms with E-state index in [1.54, 1.807) is 0 Å². The van der Waals surface area contributed by atoms with Gasteiger partial charge in [-0.2, -0.15) is 0 Å². The predicted octanol–water partition coefficient (Wildman–Crippen LogP) is 3.81. The second-order valence-electron chi connectivity index (χ2n) is 5.62. The fourth-order valence-corrected chi connectivity index (χ4v) is 2.36. The van der Waals surface area contributed by atoms with Crippen LogP contribution in [0.3, 0.4) is 0 Å². The zero-order valence-corrected chi connectivity index (χ0v) is 13.1. The summed E-state index contributed by atoms with van der Waals surface area (Å²) in [6.07, 6.45) is 3.94. The molecule has 0 fully saturated rings. The van der Waals surface area contributed by atoms with Crippen molar-refractivity contribution >= 4 is 0 Å². The van der Waals surface area contributed by atoms with E-state index in [0.29, 0.717) is 6.04 Å². The second-order valence-corrected chi connectivity index (χ2v) is 5.62. The van der Waals surface area contributed by atoms with Crippen molar-refractivity contribution in [3.63, 3.8) is 0 Å². The van der Waals surface area contributed by atoms with E-state index in [0.717, 1.165) is 13.1 Å². The molecule has 0 aromatic heterocycles. The fourth-order valence-electron chi connectivity index (χ4n) is 2.36. The van der Waals surface area contributed by atoms with E-state index in [-0.39, 0.29) is 0 Å². The van der Waals surface area contributed by atoms with Crippen molar-refractivity contribution in [3.8, 4) is 0 Å². The maximum Gasteiger partial charge on any atom is 0.0236 e. The lowest BCUT2D eigenvalue weighted by Crippen LogP contribution is -2.31.